The maximum absolute atomic E-state index is 13.1. The molecule has 2 saturated carbocycles. The predicted octanol–water partition coefficient (Wildman–Crippen LogP) is 3.85. The number of hydrogen-bond donors (Lipinski definition) is 1. The second-order valence-corrected chi connectivity index (χ2v) is 7.69. The number of aryl methyl sites for hydroxylation is 1. The van der Waals surface area contributed by atoms with Gasteiger partial charge in [-0.05, 0) is 38.0 Å². The minimum absolute atomic E-state index is 0.0255. The number of rotatable bonds is 2. The Kier molecular flexibility index (Phi) is 3.30. The van der Waals surface area contributed by atoms with E-state index in [1.165, 1.54) is 32.1 Å². The van der Waals surface area contributed by atoms with Crippen LogP contribution in [0.25, 0.3) is 22.3 Å². The van der Waals surface area contributed by atoms with Crippen LogP contribution in [0.15, 0.2) is 35.1 Å². The fraction of sp³-hybridized carbons (Fsp3) is 0.450. The molecule has 2 heterocycles. The van der Waals surface area contributed by atoms with Crippen LogP contribution in [0.3, 0.4) is 0 Å². The molecule has 5 heteroatoms. The van der Waals surface area contributed by atoms with Gasteiger partial charge < -0.3 is 0 Å². The van der Waals surface area contributed by atoms with Gasteiger partial charge in [0.25, 0.3) is 0 Å². The van der Waals surface area contributed by atoms with Crippen molar-refractivity contribution in [3.63, 3.8) is 0 Å². The van der Waals surface area contributed by atoms with Crippen LogP contribution in [0, 0.1) is 18.8 Å². The molecule has 0 aliphatic heterocycles. The van der Waals surface area contributed by atoms with E-state index >= 15 is 0 Å². The summed E-state index contributed by atoms with van der Waals surface area (Å²) in [5.41, 5.74) is 2.87. The number of aromatic amines is 1. The molecular weight excluding hydrogens is 312 g/mol. The van der Waals surface area contributed by atoms with Gasteiger partial charge in [-0.1, -0.05) is 43.2 Å². The lowest BCUT2D eigenvalue weighted by atomic mass is 9.85. The highest BCUT2D eigenvalue weighted by Gasteiger charge is 2.36. The third-order valence-electron chi connectivity index (χ3n) is 6.05. The highest BCUT2D eigenvalue weighted by molar-refractivity contribution is 5.81. The molecule has 2 fully saturated rings. The summed E-state index contributed by atoms with van der Waals surface area (Å²) in [6.07, 6.45) is 6.44. The second kappa shape index (κ2) is 5.55. The summed E-state index contributed by atoms with van der Waals surface area (Å²) >= 11 is 0. The molecule has 0 saturated heterocycles. The lowest BCUT2D eigenvalue weighted by molar-refractivity contribution is 0.250. The maximum atomic E-state index is 13.1. The number of fused-ring (bicyclic) bond motifs is 3. The Balaban J connectivity index is 1.63. The number of nitrogens with zero attached hydrogens (tertiary/aromatic N) is 3. The molecule has 3 atom stereocenters. The van der Waals surface area contributed by atoms with Crippen LogP contribution in [-0.4, -0.2) is 20.0 Å². The molecule has 2 aliphatic carbocycles. The monoisotopic (exact) mass is 334 g/mol. The number of H-pyrrole nitrogens is 1. The fourth-order valence-electron chi connectivity index (χ4n) is 4.93. The van der Waals surface area contributed by atoms with Gasteiger partial charge in [-0.3, -0.25) is 9.89 Å². The highest BCUT2D eigenvalue weighted by atomic mass is 16.1. The zero-order valence-electron chi connectivity index (χ0n) is 14.4. The van der Waals surface area contributed by atoms with E-state index in [9.17, 15) is 4.79 Å². The average molecular weight is 334 g/mol. The van der Waals surface area contributed by atoms with Crippen LogP contribution in [0.5, 0.6) is 0 Å². The van der Waals surface area contributed by atoms with Crippen molar-refractivity contribution in [3.8, 4) is 11.3 Å². The van der Waals surface area contributed by atoms with E-state index in [0.717, 1.165) is 28.7 Å². The van der Waals surface area contributed by atoms with Crippen LogP contribution >= 0.6 is 0 Å². The molecule has 1 unspecified atom stereocenters. The summed E-state index contributed by atoms with van der Waals surface area (Å²) in [5.74, 6) is 1.65. The highest BCUT2D eigenvalue weighted by Crippen LogP contribution is 2.46. The molecule has 0 amide bonds. The van der Waals surface area contributed by atoms with Crippen molar-refractivity contribution in [2.45, 2.75) is 45.1 Å². The Labute approximate surface area is 146 Å². The summed E-state index contributed by atoms with van der Waals surface area (Å²) in [5, 5.41) is 13.0. The van der Waals surface area contributed by atoms with Gasteiger partial charge in [0.1, 0.15) is 5.69 Å². The van der Waals surface area contributed by atoms with E-state index in [4.69, 9.17) is 5.10 Å². The topological polar surface area (TPSA) is 63.6 Å². The molecule has 2 aromatic heterocycles. The molecule has 2 bridgehead atoms. The lowest BCUT2D eigenvalue weighted by Gasteiger charge is -2.28. The first-order chi connectivity index (χ1) is 12.2. The molecule has 1 aromatic carbocycles. The second-order valence-electron chi connectivity index (χ2n) is 7.69. The van der Waals surface area contributed by atoms with E-state index in [-0.39, 0.29) is 5.43 Å². The number of nitrogens with one attached hydrogen (secondary N) is 1. The van der Waals surface area contributed by atoms with Crippen molar-refractivity contribution in [3.05, 3.63) is 46.2 Å². The van der Waals surface area contributed by atoms with Gasteiger partial charge in [0.15, 0.2) is 5.65 Å². The first-order valence-corrected chi connectivity index (χ1v) is 9.23. The molecule has 2 aliphatic rings. The summed E-state index contributed by atoms with van der Waals surface area (Å²) in [7, 11) is 0. The van der Waals surface area contributed by atoms with E-state index in [1.54, 1.807) is 0 Å². The Bertz CT molecular complexity index is 976. The molecule has 5 rings (SSSR count). The molecule has 0 spiro atoms. The van der Waals surface area contributed by atoms with Crippen molar-refractivity contribution in [1.82, 2.24) is 20.0 Å². The maximum Gasteiger partial charge on any atom is 0.219 e. The lowest BCUT2D eigenvalue weighted by Crippen LogP contribution is -2.21. The van der Waals surface area contributed by atoms with Gasteiger partial charge in [0.05, 0.1) is 17.1 Å². The zero-order valence-corrected chi connectivity index (χ0v) is 14.4. The quantitative estimate of drug-likeness (QED) is 0.774. The van der Waals surface area contributed by atoms with Gasteiger partial charge >= 0.3 is 0 Å². The number of hydrogen-bond acceptors (Lipinski definition) is 3. The van der Waals surface area contributed by atoms with E-state index < -0.39 is 0 Å². The summed E-state index contributed by atoms with van der Waals surface area (Å²) in [6, 6.07) is 10.0. The summed E-state index contributed by atoms with van der Waals surface area (Å²) in [6.45, 7) is 1.93. The van der Waals surface area contributed by atoms with E-state index in [0.29, 0.717) is 17.1 Å². The Morgan fingerprint density at radius 1 is 1.08 bits per heavy atom. The minimum atomic E-state index is -0.0255. The van der Waals surface area contributed by atoms with Gasteiger partial charge in [-0.2, -0.15) is 10.2 Å². The van der Waals surface area contributed by atoms with Crippen LogP contribution in [0.1, 0.15) is 43.8 Å². The Morgan fingerprint density at radius 3 is 2.52 bits per heavy atom. The zero-order chi connectivity index (χ0) is 17.0. The van der Waals surface area contributed by atoms with Crippen molar-refractivity contribution in [1.29, 1.82) is 0 Å². The normalized spacial score (nSPS) is 25.6. The number of aromatic nitrogens is 4. The molecule has 1 N–H and O–H groups in total. The van der Waals surface area contributed by atoms with Crippen molar-refractivity contribution in [2.24, 2.45) is 11.8 Å². The van der Waals surface area contributed by atoms with E-state index in [1.807, 2.05) is 37.3 Å². The third-order valence-corrected chi connectivity index (χ3v) is 6.05. The van der Waals surface area contributed by atoms with E-state index in [2.05, 4.69) is 14.9 Å². The van der Waals surface area contributed by atoms with Gasteiger partial charge in [-0.25, -0.2) is 4.68 Å². The van der Waals surface area contributed by atoms with Crippen LogP contribution in [0.2, 0.25) is 0 Å². The molecule has 0 radical (unpaired) electrons. The first kappa shape index (κ1) is 14.9. The number of benzene rings is 1. The largest absolute Gasteiger partial charge is 0.287 e. The van der Waals surface area contributed by atoms with Crippen LogP contribution in [0.4, 0.5) is 0 Å². The smallest absolute Gasteiger partial charge is 0.219 e. The fourth-order valence-corrected chi connectivity index (χ4v) is 4.93. The standard InChI is InChI=1S/C20H22N4O/c1-12-17-19(25)18(15-5-3-2-4-6-15)21-22-20(17)24(23-12)16-10-13-7-8-14(9-13)11-16/h2-6,13-14,16H,7-11H2,1H3,(H,22,25)/t13-,14+,16?. The van der Waals surface area contributed by atoms with Crippen molar-refractivity contribution in [2.75, 3.05) is 0 Å². The minimum Gasteiger partial charge on any atom is -0.287 e. The molecule has 3 aromatic rings. The SMILES string of the molecule is Cc1nn(C2C[C@H]3CC[C@@H](C2)C3)c2[nH]nc(-c3ccccc3)c(=O)c12. The Morgan fingerprint density at radius 2 is 1.80 bits per heavy atom. The van der Waals surface area contributed by atoms with Crippen molar-refractivity contribution < 1.29 is 0 Å². The van der Waals surface area contributed by atoms with Gasteiger partial charge in [-0.15, -0.1) is 0 Å². The molecule has 25 heavy (non-hydrogen) atoms. The average Bonchev–Trinajstić information content (AvgIpc) is 3.15. The van der Waals surface area contributed by atoms with Gasteiger partial charge in [0.2, 0.25) is 5.43 Å². The summed E-state index contributed by atoms with van der Waals surface area (Å²) < 4.78 is 2.05. The first-order valence-electron chi connectivity index (χ1n) is 9.23. The summed E-state index contributed by atoms with van der Waals surface area (Å²) in [4.78, 5) is 13.1. The van der Waals surface area contributed by atoms with Gasteiger partial charge in [0, 0.05) is 5.56 Å². The molecular formula is C20H22N4O. The van der Waals surface area contributed by atoms with Crippen LogP contribution < -0.4 is 5.43 Å². The predicted molar refractivity (Wildman–Crippen MR) is 97.4 cm³/mol. The molecule has 128 valence electrons. The Hall–Kier alpha value is -2.43. The van der Waals surface area contributed by atoms with Crippen LogP contribution in [-0.2, 0) is 0 Å². The third kappa shape index (κ3) is 2.33. The molecule has 5 nitrogen and oxygen atoms in total. The van der Waals surface area contributed by atoms with Crippen molar-refractivity contribution >= 4 is 11.0 Å².